The van der Waals surface area contributed by atoms with Gasteiger partial charge in [-0.2, -0.15) is 13.1 Å². The predicted molar refractivity (Wildman–Crippen MR) is 106 cm³/mol. The van der Waals surface area contributed by atoms with Crippen molar-refractivity contribution in [1.29, 1.82) is 0 Å². The molecule has 31 heavy (non-hydrogen) atoms. The lowest BCUT2D eigenvalue weighted by Gasteiger charge is -2.61. The molecule has 4 bridgehead atoms. The first-order valence-corrected chi connectivity index (χ1v) is 11.3. The smallest absolute Gasteiger partial charge is 0.459 e. The summed E-state index contributed by atoms with van der Waals surface area (Å²) in [7, 11) is 1.69. The Morgan fingerprint density at radius 1 is 1.06 bits per heavy atom. The zero-order valence-electron chi connectivity index (χ0n) is 17.6. The second kappa shape index (κ2) is 8.76. The van der Waals surface area contributed by atoms with Gasteiger partial charge in [0.05, 0.1) is 18.6 Å². The van der Waals surface area contributed by atoms with E-state index in [1.165, 1.54) is 0 Å². The third-order valence-corrected chi connectivity index (χ3v) is 7.75. The first kappa shape index (κ1) is 23.2. The molecule has 0 radical (unpaired) electrons. The van der Waals surface area contributed by atoms with E-state index in [0.29, 0.717) is 18.3 Å². The summed E-state index contributed by atoms with van der Waals surface area (Å²) in [5.41, 5.74) is -1.04. The minimum absolute atomic E-state index is 0.120. The molecular weight excluding hydrogens is 434 g/mol. The SMILES string of the molecule is COC1CCC(C(=O)OC23CC4CC(CC(COC(=O)C(F)(F)OOS)(C4)C2)C3)CC1. The Morgan fingerprint density at radius 3 is 2.29 bits per heavy atom. The summed E-state index contributed by atoms with van der Waals surface area (Å²) >= 11 is 3.08. The van der Waals surface area contributed by atoms with Crippen molar-refractivity contribution in [3.63, 3.8) is 0 Å². The highest BCUT2D eigenvalue weighted by atomic mass is 32.1. The molecule has 5 fully saturated rings. The fraction of sp³-hybridized carbons (Fsp3) is 0.905. The molecule has 0 heterocycles. The minimum Gasteiger partial charge on any atom is -0.459 e. The number of hydrogen-bond acceptors (Lipinski definition) is 8. The molecule has 0 aromatic carbocycles. The van der Waals surface area contributed by atoms with Crippen molar-refractivity contribution in [2.45, 2.75) is 82.0 Å². The van der Waals surface area contributed by atoms with Crippen molar-refractivity contribution < 1.29 is 41.8 Å². The number of carbonyl (C=O) groups excluding carboxylic acids is 2. The van der Waals surface area contributed by atoms with Gasteiger partial charge in [-0.05, 0) is 76.0 Å². The van der Waals surface area contributed by atoms with Gasteiger partial charge in [0, 0.05) is 25.4 Å². The highest BCUT2D eigenvalue weighted by molar-refractivity contribution is 7.74. The normalized spacial score (nSPS) is 39.4. The second-order valence-corrected chi connectivity index (χ2v) is 10.2. The summed E-state index contributed by atoms with van der Waals surface area (Å²) in [4.78, 5) is 28.3. The molecule has 0 spiro atoms. The van der Waals surface area contributed by atoms with E-state index in [-0.39, 0.29) is 24.6 Å². The third-order valence-electron chi connectivity index (χ3n) is 7.68. The number of ether oxygens (including phenoxy) is 3. The summed E-state index contributed by atoms with van der Waals surface area (Å²) in [6, 6.07) is 0. The van der Waals surface area contributed by atoms with Crippen LogP contribution in [0.4, 0.5) is 8.78 Å². The molecule has 0 amide bonds. The zero-order chi connectivity index (χ0) is 22.3. The highest BCUT2D eigenvalue weighted by Crippen LogP contribution is 2.63. The highest BCUT2D eigenvalue weighted by Gasteiger charge is 2.60. The van der Waals surface area contributed by atoms with Crippen LogP contribution < -0.4 is 0 Å². The fourth-order valence-electron chi connectivity index (χ4n) is 6.87. The molecule has 10 heteroatoms. The second-order valence-electron chi connectivity index (χ2n) is 10.0. The van der Waals surface area contributed by atoms with Crippen LogP contribution in [0.1, 0.15) is 64.2 Å². The van der Waals surface area contributed by atoms with Crippen LogP contribution >= 0.6 is 12.9 Å². The van der Waals surface area contributed by atoms with Gasteiger partial charge in [-0.25, -0.2) is 4.79 Å². The quantitative estimate of drug-likeness (QED) is 0.191. The number of carbonyl (C=O) groups is 2. The Morgan fingerprint density at radius 2 is 1.71 bits per heavy atom. The maximum absolute atomic E-state index is 13.5. The van der Waals surface area contributed by atoms with E-state index >= 15 is 0 Å². The number of thiol groups is 1. The van der Waals surface area contributed by atoms with Crippen molar-refractivity contribution >= 4 is 24.8 Å². The van der Waals surface area contributed by atoms with Gasteiger partial charge in [0.25, 0.3) is 0 Å². The molecule has 5 rings (SSSR count). The van der Waals surface area contributed by atoms with Crippen LogP contribution in [0.5, 0.6) is 0 Å². The van der Waals surface area contributed by atoms with Crippen molar-refractivity contribution in [3.8, 4) is 0 Å². The van der Waals surface area contributed by atoms with Gasteiger partial charge in [-0.3, -0.25) is 4.79 Å². The lowest BCUT2D eigenvalue weighted by atomic mass is 9.48. The van der Waals surface area contributed by atoms with E-state index < -0.39 is 23.1 Å². The Bertz CT molecular complexity index is 681. The molecule has 176 valence electrons. The average molecular weight is 465 g/mol. The topological polar surface area (TPSA) is 80.3 Å². The zero-order valence-corrected chi connectivity index (χ0v) is 18.5. The lowest BCUT2D eigenvalue weighted by Crippen LogP contribution is -2.59. The van der Waals surface area contributed by atoms with E-state index in [4.69, 9.17) is 14.2 Å². The van der Waals surface area contributed by atoms with Crippen molar-refractivity contribution in [2.75, 3.05) is 13.7 Å². The van der Waals surface area contributed by atoms with Gasteiger partial charge in [0.1, 0.15) is 5.60 Å². The number of esters is 2. The number of rotatable bonds is 8. The molecule has 7 nitrogen and oxygen atoms in total. The maximum atomic E-state index is 13.5. The Labute approximate surface area is 186 Å². The van der Waals surface area contributed by atoms with Gasteiger partial charge < -0.3 is 14.2 Å². The van der Waals surface area contributed by atoms with Gasteiger partial charge in [-0.1, -0.05) is 0 Å². The van der Waals surface area contributed by atoms with Crippen molar-refractivity contribution in [1.82, 2.24) is 0 Å². The molecule has 0 aliphatic heterocycles. The maximum Gasteiger partial charge on any atom is 0.483 e. The number of hydrogen-bond donors (Lipinski definition) is 1. The van der Waals surface area contributed by atoms with Crippen LogP contribution in [0.2, 0.25) is 0 Å². The molecule has 0 aromatic rings. The Kier molecular flexibility index (Phi) is 6.55. The van der Waals surface area contributed by atoms with E-state index in [1.807, 2.05) is 0 Å². The number of halogens is 2. The van der Waals surface area contributed by atoms with Crippen LogP contribution in [0, 0.1) is 23.2 Å². The largest absolute Gasteiger partial charge is 0.483 e. The number of methoxy groups -OCH3 is 1. The monoisotopic (exact) mass is 464 g/mol. The van der Waals surface area contributed by atoms with Crippen molar-refractivity contribution in [3.05, 3.63) is 0 Å². The summed E-state index contributed by atoms with van der Waals surface area (Å²) in [6.07, 6.45) is 3.92. The standard InChI is InChI=1S/C21H30F2O7S/c1-26-16-4-2-15(3-5-16)17(24)28-20-9-13-6-14(10-20)8-19(7-13,11-20)12-27-18(25)21(22,23)29-30-31/h13-16,31H,2-12H2,1H3. The van der Waals surface area contributed by atoms with Gasteiger partial charge in [0.2, 0.25) is 0 Å². The first-order valence-electron chi connectivity index (χ1n) is 11.0. The Balaban J connectivity index is 1.40. The van der Waals surface area contributed by atoms with Crippen LogP contribution in [-0.4, -0.2) is 43.5 Å². The van der Waals surface area contributed by atoms with Crippen LogP contribution in [0.3, 0.4) is 0 Å². The molecule has 0 saturated heterocycles. The molecule has 5 aliphatic rings. The molecule has 5 aliphatic carbocycles. The van der Waals surface area contributed by atoms with E-state index in [9.17, 15) is 18.4 Å². The molecule has 5 saturated carbocycles. The van der Waals surface area contributed by atoms with Gasteiger partial charge in [-0.15, -0.1) is 4.89 Å². The van der Waals surface area contributed by atoms with Gasteiger partial charge >= 0.3 is 18.0 Å². The molecule has 2 unspecified atom stereocenters. The predicted octanol–water partition coefficient (Wildman–Crippen LogP) is 4.00. The lowest BCUT2D eigenvalue weighted by molar-refractivity contribution is -0.370. The third kappa shape index (κ3) is 4.86. The number of alkyl halides is 2. The van der Waals surface area contributed by atoms with Gasteiger partial charge in [0.15, 0.2) is 0 Å². The van der Waals surface area contributed by atoms with Crippen LogP contribution in [0.15, 0.2) is 0 Å². The van der Waals surface area contributed by atoms with E-state index in [2.05, 4.69) is 22.1 Å². The van der Waals surface area contributed by atoms with E-state index in [1.54, 1.807) is 7.11 Å². The summed E-state index contributed by atoms with van der Waals surface area (Å²) in [5, 5.41) is 0. The van der Waals surface area contributed by atoms with Crippen molar-refractivity contribution in [2.24, 2.45) is 23.2 Å². The minimum atomic E-state index is -4.23. The summed E-state index contributed by atoms with van der Waals surface area (Å²) < 4.78 is 47.2. The first-order chi connectivity index (χ1) is 14.7. The summed E-state index contributed by atoms with van der Waals surface area (Å²) in [5.74, 6) is -1.40. The molecule has 0 aromatic heterocycles. The molecule has 0 N–H and O–H groups in total. The average Bonchev–Trinajstić information content (AvgIpc) is 2.70. The van der Waals surface area contributed by atoms with Crippen LogP contribution in [-0.2, 0) is 33.0 Å². The fourth-order valence-corrected chi connectivity index (χ4v) is 6.96. The molecule has 2 atom stereocenters. The van der Waals surface area contributed by atoms with E-state index in [0.717, 1.165) is 57.8 Å². The molecular formula is C21H30F2O7S. The summed E-state index contributed by atoms with van der Waals surface area (Å²) in [6.45, 7) is -0.150. The van der Waals surface area contributed by atoms with Crippen LogP contribution in [0.25, 0.3) is 0 Å². The Hall–Kier alpha value is -0.970.